The average Bonchev–Trinajstić information content (AvgIpc) is 2.43. The molecule has 1 rings (SSSR count). The van der Waals surface area contributed by atoms with Crippen molar-refractivity contribution in [3.63, 3.8) is 0 Å². The maximum atomic E-state index is 12.2. The molecule has 1 aliphatic heterocycles. The first-order valence-corrected chi connectivity index (χ1v) is 6.48. The highest BCUT2D eigenvalue weighted by molar-refractivity contribution is 5.69. The van der Waals surface area contributed by atoms with E-state index in [9.17, 15) is 4.79 Å². The van der Waals surface area contributed by atoms with Crippen molar-refractivity contribution in [2.24, 2.45) is 5.41 Å². The van der Waals surface area contributed by atoms with Gasteiger partial charge in [0.2, 0.25) is 0 Å². The quantitative estimate of drug-likeness (QED) is 0.645. The normalized spacial score (nSPS) is 26.2. The minimum atomic E-state index is -0.418. The van der Waals surface area contributed by atoms with Crippen molar-refractivity contribution in [3.8, 4) is 0 Å². The molecule has 0 aliphatic carbocycles. The minimum Gasteiger partial charge on any atom is -0.444 e. The van der Waals surface area contributed by atoms with Gasteiger partial charge < -0.3 is 9.64 Å². The monoisotopic (exact) mass is 241 g/mol. The largest absolute Gasteiger partial charge is 0.444 e. The van der Waals surface area contributed by atoms with Crippen molar-refractivity contribution < 1.29 is 9.53 Å². The molecule has 1 saturated heterocycles. The van der Waals surface area contributed by atoms with Crippen molar-refractivity contribution in [2.75, 3.05) is 6.54 Å². The van der Waals surface area contributed by atoms with Gasteiger partial charge in [-0.25, -0.2) is 4.79 Å². The second-order valence-electron chi connectivity index (χ2n) is 7.26. The van der Waals surface area contributed by atoms with Crippen LogP contribution in [0.2, 0.25) is 0 Å². The van der Waals surface area contributed by atoms with Crippen LogP contribution in [-0.4, -0.2) is 28.7 Å². The minimum absolute atomic E-state index is 0.0698. The molecule has 0 aromatic rings. The Morgan fingerprint density at radius 1 is 1.18 bits per heavy atom. The van der Waals surface area contributed by atoms with E-state index in [-0.39, 0.29) is 17.0 Å². The summed E-state index contributed by atoms with van der Waals surface area (Å²) in [4.78, 5) is 14.1. The molecule has 3 nitrogen and oxygen atoms in total. The summed E-state index contributed by atoms with van der Waals surface area (Å²) >= 11 is 0. The van der Waals surface area contributed by atoms with Crippen LogP contribution in [0.25, 0.3) is 0 Å². The zero-order valence-corrected chi connectivity index (χ0v) is 12.4. The molecule has 1 amide bonds. The molecule has 17 heavy (non-hydrogen) atoms. The second kappa shape index (κ2) is 4.18. The third-order valence-electron chi connectivity index (χ3n) is 3.87. The van der Waals surface area contributed by atoms with Gasteiger partial charge in [-0.05, 0) is 46.0 Å². The van der Waals surface area contributed by atoms with Gasteiger partial charge in [0.1, 0.15) is 5.60 Å². The van der Waals surface area contributed by atoms with E-state index in [1.165, 1.54) is 0 Å². The lowest BCUT2D eigenvalue weighted by molar-refractivity contribution is -0.0132. The first kappa shape index (κ1) is 14.3. The maximum absolute atomic E-state index is 12.2. The Balaban J connectivity index is 2.87. The van der Waals surface area contributed by atoms with E-state index >= 15 is 0 Å². The molecule has 1 fully saturated rings. The first-order valence-electron chi connectivity index (χ1n) is 6.48. The Labute approximate surface area is 106 Å². The summed E-state index contributed by atoms with van der Waals surface area (Å²) in [6.45, 7) is 15.3. The molecule has 0 radical (unpaired) electrons. The number of amides is 1. The topological polar surface area (TPSA) is 29.5 Å². The summed E-state index contributed by atoms with van der Waals surface area (Å²) in [5.41, 5.74) is -0.450. The number of likely N-dealkylation sites (tertiary alicyclic amines) is 1. The van der Waals surface area contributed by atoms with Crippen molar-refractivity contribution >= 4 is 6.09 Å². The number of hydrogen-bond donors (Lipinski definition) is 0. The van der Waals surface area contributed by atoms with E-state index < -0.39 is 5.60 Å². The third kappa shape index (κ3) is 2.93. The van der Waals surface area contributed by atoms with Crippen LogP contribution in [0.3, 0.4) is 0 Å². The lowest BCUT2D eigenvalue weighted by atomic mass is 9.73. The van der Waals surface area contributed by atoms with Crippen LogP contribution in [0, 0.1) is 5.41 Å². The van der Waals surface area contributed by atoms with Crippen LogP contribution in [0.1, 0.15) is 61.3 Å². The van der Waals surface area contributed by atoms with Crippen LogP contribution < -0.4 is 0 Å². The summed E-state index contributed by atoms with van der Waals surface area (Å²) in [6.07, 6.45) is 1.94. The molecule has 100 valence electrons. The second-order valence-corrected chi connectivity index (χ2v) is 7.26. The lowest BCUT2D eigenvalue weighted by Crippen LogP contribution is -2.54. The van der Waals surface area contributed by atoms with Crippen molar-refractivity contribution in [2.45, 2.75) is 72.4 Å². The number of rotatable bonds is 0. The van der Waals surface area contributed by atoms with Gasteiger partial charge in [-0.1, -0.05) is 20.8 Å². The molecule has 0 bridgehead atoms. The zero-order valence-electron chi connectivity index (χ0n) is 12.4. The fourth-order valence-electron chi connectivity index (χ4n) is 2.35. The Bertz CT molecular complexity index is 298. The molecular weight excluding hydrogens is 214 g/mol. The third-order valence-corrected chi connectivity index (χ3v) is 3.87. The fourth-order valence-corrected chi connectivity index (χ4v) is 2.35. The van der Waals surface area contributed by atoms with Crippen molar-refractivity contribution in [1.29, 1.82) is 0 Å². The highest BCUT2D eigenvalue weighted by Crippen LogP contribution is 2.43. The molecule has 0 aromatic heterocycles. The van der Waals surface area contributed by atoms with E-state index in [1.807, 2.05) is 25.7 Å². The molecule has 0 N–H and O–H groups in total. The van der Waals surface area contributed by atoms with Gasteiger partial charge in [-0.2, -0.15) is 0 Å². The Morgan fingerprint density at radius 2 is 1.71 bits per heavy atom. The molecular formula is C14H27NO2. The predicted molar refractivity (Wildman–Crippen MR) is 70.0 cm³/mol. The molecule has 0 saturated carbocycles. The van der Waals surface area contributed by atoms with Crippen LogP contribution >= 0.6 is 0 Å². The predicted octanol–water partition coefficient (Wildman–Crippen LogP) is 3.82. The number of carbonyl (C=O) groups is 1. The van der Waals surface area contributed by atoms with Crippen molar-refractivity contribution in [3.05, 3.63) is 0 Å². The van der Waals surface area contributed by atoms with Gasteiger partial charge in [0.15, 0.2) is 0 Å². The molecule has 1 heterocycles. The molecule has 3 heteroatoms. The van der Waals surface area contributed by atoms with E-state index in [2.05, 4.69) is 27.7 Å². The Kier molecular flexibility index (Phi) is 3.52. The maximum Gasteiger partial charge on any atom is 0.410 e. The highest BCUT2D eigenvalue weighted by Gasteiger charge is 2.48. The highest BCUT2D eigenvalue weighted by atomic mass is 16.6. The van der Waals surface area contributed by atoms with Crippen LogP contribution in [0.4, 0.5) is 4.79 Å². The standard InChI is InChI=1S/C14H27NO2/c1-12(2,3)14(7)9-8-10-15(14)11(16)17-13(4,5)6/h8-10H2,1-7H3. The zero-order chi connectivity index (χ0) is 13.5. The van der Waals surface area contributed by atoms with Crippen LogP contribution in [-0.2, 0) is 4.74 Å². The number of carbonyl (C=O) groups excluding carboxylic acids is 1. The van der Waals surface area contributed by atoms with Crippen LogP contribution in [0.15, 0.2) is 0 Å². The molecule has 0 aromatic carbocycles. The van der Waals surface area contributed by atoms with Gasteiger partial charge in [-0.15, -0.1) is 0 Å². The number of ether oxygens (including phenoxy) is 1. The lowest BCUT2D eigenvalue weighted by Gasteiger charge is -2.45. The smallest absolute Gasteiger partial charge is 0.410 e. The Hall–Kier alpha value is -0.730. The summed E-state index contributed by atoms with van der Waals surface area (Å²) < 4.78 is 5.50. The molecule has 1 aliphatic rings. The molecule has 0 spiro atoms. The van der Waals surface area contributed by atoms with E-state index in [4.69, 9.17) is 4.74 Å². The van der Waals surface area contributed by atoms with Gasteiger partial charge in [0, 0.05) is 12.1 Å². The van der Waals surface area contributed by atoms with Gasteiger partial charge in [0.05, 0.1) is 0 Å². The van der Waals surface area contributed by atoms with E-state index in [0.29, 0.717) is 0 Å². The fraction of sp³-hybridized carbons (Fsp3) is 0.929. The van der Waals surface area contributed by atoms with Gasteiger partial charge >= 0.3 is 6.09 Å². The average molecular weight is 241 g/mol. The summed E-state index contributed by atoms with van der Waals surface area (Å²) in [6, 6.07) is 0. The molecule has 1 unspecified atom stereocenters. The van der Waals surface area contributed by atoms with Gasteiger partial charge in [-0.3, -0.25) is 0 Å². The SMILES string of the molecule is CC(C)(C)OC(=O)N1CCCC1(C)C(C)(C)C. The summed E-state index contributed by atoms with van der Waals surface area (Å²) in [5.74, 6) is 0. The molecule has 1 atom stereocenters. The van der Waals surface area contributed by atoms with Gasteiger partial charge in [0.25, 0.3) is 0 Å². The van der Waals surface area contributed by atoms with Crippen molar-refractivity contribution in [1.82, 2.24) is 4.90 Å². The van der Waals surface area contributed by atoms with Crippen LogP contribution in [0.5, 0.6) is 0 Å². The van der Waals surface area contributed by atoms with E-state index in [1.54, 1.807) is 0 Å². The summed E-state index contributed by atoms with van der Waals surface area (Å²) in [7, 11) is 0. The number of hydrogen-bond acceptors (Lipinski definition) is 2. The summed E-state index contributed by atoms with van der Waals surface area (Å²) in [5, 5.41) is 0. The van der Waals surface area contributed by atoms with E-state index in [0.717, 1.165) is 19.4 Å². The number of nitrogens with zero attached hydrogens (tertiary/aromatic N) is 1. The Morgan fingerprint density at radius 3 is 2.12 bits per heavy atom. The first-order chi connectivity index (χ1) is 7.47.